The fourth-order valence-electron chi connectivity index (χ4n) is 2.99. The third kappa shape index (κ3) is 8.19. The van der Waals surface area contributed by atoms with E-state index in [-0.39, 0.29) is 59.1 Å². The average Bonchev–Trinajstić information content (AvgIpc) is 2.75. The van der Waals surface area contributed by atoms with Gasteiger partial charge in [-0.15, -0.1) is 0 Å². The van der Waals surface area contributed by atoms with Crippen molar-refractivity contribution in [2.75, 3.05) is 5.32 Å². The van der Waals surface area contributed by atoms with Crippen LogP contribution in [0.1, 0.15) is 23.6 Å². The number of urea groups is 1. The van der Waals surface area contributed by atoms with Crippen molar-refractivity contribution in [3.63, 3.8) is 0 Å². The monoisotopic (exact) mass is 481 g/mol. The summed E-state index contributed by atoms with van der Waals surface area (Å²) in [5.41, 5.74) is 0.399. The molecule has 0 aliphatic heterocycles. The van der Waals surface area contributed by atoms with Crippen molar-refractivity contribution < 1.29 is 83.7 Å². The second-order valence-electron chi connectivity index (χ2n) is 7.19. The van der Waals surface area contributed by atoms with Crippen molar-refractivity contribution in [2.24, 2.45) is 7.05 Å². The number of hydrogen-bond acceptors (Lipinski definition) is 6. The molecule has 2 aromatic carbocycles. The van der Waals surface area contributed by atoms with Gasteiger partial charge in [-0.2, -0.15) is 0 Å². The SMILES string of the molecule is Cc1ccc(Oc2cccc([C@H](CC(=O)[O-])NC(=O)Nc3c([O-])ccn(C)c3=O)c2)cc1.[Na+].[Na+]. The largest absolute Gasteiger partial charge is 1.00 e. The van der Waals surface area contributed by atoms with Gasteiger partial charge in [0.25, 0.3) is 5.56 Å². The van der Waals surface area contributed by atoms with Crippen LogP contribution in [0.2, 0.25) is 0 Å². The molecule has 1 aromatic heterocycles. The van der Waals surface area contributed by atoms with E-state index in [2.05, 4.69) is 10.6 Å². The minimum Gasteiger partial charge on any atom is -0.871 e. The molecule has 166 valence electrons. The van der Waals surface area contributed by atoms with Gasteiger partial charge in [0.05, 0.1) is 6.04 Å². The van der Waals surface area contributed by atoms with E-state index in [1.807, 2.05) is 19.1 Å². The molecule has 11 heteroatoms. The number of aryl methyl sites for hydroxylation is 2. The topological polar surface area (TPSA) is 136 Å². The summed E-state index contributed by atoms with van der Waals surface area (Å²) >= 11 is 0. The van der Waals surface area contributed by atoms with E-state index < -0.39 is 41.5 Å². The smallest absolute Gasteiger partial charge is 0.871 e. The first-order valence-corrected chi connectivity index (χ1v) is 9.71. The third-order valence-electron chi connectivity index (χ3n) is 4.66. The summed E-state index contributed by atoms with van der Waals surface area (Å²) in [4.78, 5) is 35.8. The number of hydrogen-bond donors (Lipinski definition) is 2. The van der Waals surface area contributed by atoms with E-state index in [0.717, 1.165) is 16.2 Å². The Labute approximate surface area is 240 Å². The Morgan fingerprint density at radius 2 is 1.74 bits per heavy atom. The number of pyridine rings is 1. The number of ether oxygens (including phenoxy) is 1. The number of carboxylic acid groups (broad SMARTS) is 1. The fourth-order valence-corrected chi connectivity index (χ4v) is 2.99. The van der Waals surface area contributed by atoms with E-state index in [4.69, 9.17) is 4.74 Å². The molecule has 0 fully saturated rings. The van der Waals surface area contributed by atoms with Gasteiger partial charge in [0.15, 0.2) is 0 Å². The standard InChI is InChI=1S/C23H23N3O6.2Na/c1-14-6-8-16(9-7-14)32-17-5-3-4-15(12-17)18(13-20(28)29)24-23(31)25-21-19(27)10-11-26(2)22(21)30;;/h3-12,18,27H,13H2,1-2H3,(H,28,29)(H2,24,25,31);;/q;2*+1/p-2/t18-;;/m0../s1. The molecule has 0 aliphatic carbocycles. The molecule has 3 rings (SSSR count). The number of aliphatic carboxylic acids is 1. The number of amides is 2. The summed E-state index contributed by atoms with van der Waals surface area (Å²) in [5, 5.41) is 27.9. The molecule has 2 amide bonds. The van der Waals surface area contributed by atoms with Crippen molar-refractivity contribution in [1.29, 1.82) is 0 Å². The van der Waals surface area contributed by atoms with Crippen molar-refractivity contribution in [2.45, 2.75) is 19.4 Å². The molecule has 0 aliphatic rings. The molecule has 9 nitrogen and oxygen atoms in total. The Kier molecular flexibility index (Phi) is 11.9. The van der Waals surface area contributed by atoms with Gasteiger partial charge in [0.2, 0.25) is 0 Å². The predicted octanol–water partition coefficient (Wildman–Crippen LogP) is -4.43. The van der Waals surface area contributed by atoms with Gasteiger partial charge >= 0.3 is 65.1 Å². The molecule has 1 atom stereocenters. The Bertz CT molecular complexity index is 1200. The Balaban J connectivity index is 0.00000289. The zero-order valence-corrected chi connectivity index (χ0v) is 23.5. The first-order chi connectivity index (χ1) is 15.2. The number of nitrogens with one attached hydrogen (secondary N) is 2. The van der Waals surface area contributed by atoms with Crippen LogP contribution in [0.15, 0.2) is 65.6 Å². The molecular weight excluding hydrogens is 460 g/mol. The number of carbonyl (C=O) groups is 2. The molecule has 0 unspecified atom stereocenters. The Morgan fingerprint density at radius 1 is 1.06 bits per heavy atom. The van der Waals surface area contributed by atoms with Crippen LogP contribution in [0.5, 0.6) is 17.2 Å². The second-order valence-corrected chi connectivity index (χ2v) is 7.19. The van der Waals surface area contributed by atoms with Crippen LogP contribution in [0, 0.1) is 6.92 Å². The van der Waals surface area contributed by atoms with Crippen LogP contribution in [0.25, 0.3) is 0 Å². The maximum Gasteiger partial charge on any atom is 1.00 e. The number of aromatic nitrogens is 1. The Hall–Kier alpha value is -2.27. The molecule has 0 spiro atoms. The summed E-state index contributed by atoms with van der Waals surface area (Å²) in [6.45, 7) is 1.95. The fraction of sp³-hybridized carbons (Fsp3) is 0.174. The van der Waals surface area contributed by atoms with E-state index in [0.29, 0.717) is 17.1 Å². The number of rotatable bonds is 7. The maximum absolute atomic E-state index is 12.4. The zero-order valence-electron chi connectivity index (χ0n) is 19.5. The van der Waals surface area contributed by atoms with Crippen LogP contribution in [-0.4, -0.2) is 16.6 Å². The van der Waals surface area contributed by atoms with Crippen molar-refractivity contribution in [3.05, 3.63) is 82.3 Å². The number of benzene rings is 2. The third-order valence-corrected chi connectivity index (χ3v) is 4.66. The molecule has 0 saturated heterocycles. The van der Waals surface area contributed by atoms with E-state index in [1.54, 1.807) is 36.4 Å². The molecular formula is C23H21N3Na2O6. The van der Waals surface area contributed by atoms with Crippen LogP contribution >= 0.6 is 0 Å². The molecule has 2 N–H and O–H groups in total. The minimum absolute atomic E-state index is 0. The van der Waals surface area contributed by atoms with Crippen molar-refractivity contribution in [1.82, 2.24) is 9.88 Å². The molecule has 0 radical (unpaired) electrons. The van der Waals surface area contributed by atoms with E-state index in [1.165, 1.54) is 13.2 Å². The van der Waals surface area contributed by atoms with Crippen molar-refractivity contribution in [3.8, 4) is 17.2 Å². The molecule has 0 bridgehead atoms. The van der Waals surface area contributed by atoms with Crippen LogP contribution in [-0.2, 0) is 11.8 Å². The minimum atomic E-state index is -1.39. The first kappa shape index (κ1) is 29.8. The predicted molar refractivity (Wildman–Crippen MR) is 113 cm³/mol. The number of carbonyl (C=O) groups excluding carboxylic acids is 2. The normalized spacial score (nSPS) is 10.8. The summed E-state index contributed by atoms with van der Waals surface area (Å²) in [5.74, 6) is -1.01. The molecule has 34 heavy (non-hydrogen) atoms. The van der Waals surface area contributed by atoms with Gasteiger partial charge in [0.1, 0.15) is 17.2 Å². The summed E-state index contributed by atoms with van der Waals surface area (Å²) in [6, 6.07) is 13.2. The summed E-state index contributed by atoms with van der Waals surface area (Å²) in [7, 11) is 1.43. The van der Waals surface area contributed by atoms with Gasteiger partial charge in [-0.3, -0.25) is 4.79 Å². The zero-order chi connectivity index (χ0) is 23.3. The molecule has 3 aromatic rings. The van der Waals surface area contributed by atoms with Gasteiger partial charge < -0.3 is 34.9 Å². The summed E-state index contributed by atoms with van der Waals surface area (Å²) < 4.78 is 6.94. The van der Waals surface area contributed by atoms with Gasteiger partial charge in [-0.25, -0.2) is 4.79 Å². The van der Waals surface area contributed by atoms with Gasteiger partial charge in [0, 0.05) is 25.6 Å². The molecule has 0 saturated carbocycles. The number of anilines is 1. The van der Waals surface area contributed by atoms with Crippen LogP contribution < -0.4 is 90.3 Å². The summed E-state index contributed by atoms with van der Waals surface area (Å²) in [6.07, 6.45) is 0.755. The van der Waals surface area contributed by atoms with Crippen LogP contribution in [0.4, 0.5) is 10.5 Å². The number of nitrogens with zero attached hydrogens (tertiary/aromatic N) is 1. The quantitative estimate of drug-likeness (QED) is 0.327. The maximum atomic E-state index is 12.4. The van der Waals surface area contributed by atoms with E-state index >= 15 is 0 Å². The Morgan fingerprint density at radius 3 is 2.38 bits per heavy atom. The van der Waals surface area contributed by atoms with E-state index in [9.17, 15) is 24.6 Å². The molecule has 1 heterocycles. The van der Waals surface area contributed by atoms with Crippen molar-refractivity contribution >= 4 is 17.7 Å². The number of carboxylic acids is 1. The van der Waals surface area contributed by atoms with Gasteiger partial charge in [-0.05, 0) is 36.8 Å². The first-order valence-electron chi connectivity index (χ1n) is 9.71. The van der Waals surface area contributed by atoms with Crippen LogP contribution in [0.3, 0.4) is 0 Å². The average molecular weight is 481 g/mol. The second kappa shape index (κ2) is 13.6. The van der Waals surface area contributed by atoms with Gasteiger partial charge in [-0.1, -0.05) is 41.6 Å².